The Kier molecular flexibility index (Phi) is 56.2. The van der Waals surface area contributed by atoms with Crippen molar-refractivity contribution < 1.29 is 190 Å². The number of aliphatic hydroxyl groups excluding tert-OH is 1. The third-order valence-corrected chi connectivity index (χ3v) is 18.6. The van der Waals surface area contributed by atoms with Crippen LogP contribution in [-0.2, 0) is 146 Å². The number of thiophene rings is 1. The molecule has 1 N–H and O–H groups in total. The number of ether oxygens (including phenoxy) is 1. The number of carbonyl (C=O) groups excluding carboxylic acids is 1. The second-order valence-electron chi connectivity index (χ2n) is 27.2. The van der Waals surface area contributed by atoms with Crippen molar-refractivity contribution in [3.05, 3.63) is 508 Å². The third-order valence-electron chi connectivity index (χ3n) is 17.8. The van der Waals surface area contributed by atoms with Crippen LogP contribution in [0.3, 0.4) is 0 Å². The molecule has 28 heteroatoms. The molecule has 0 spiro atoms. The van der Waals surface area contributed by atoms with E-state index in [9.17, 15) is 39.9 Å². The van der Waals surface area contributed by atoms with Gasteiger partial charge in [0.15, 0.2) is 5.78 Å². The molecule has 0 saturated carbocycles. The number of allylic oxidation sites excluding steroid dienone is 2. The molecular formula is C111H76F8Ir7N9O3S-9. The molecule has 10 aromatic heterocycles. The summed E-state index contributed by atoms with van der Waals surface area (Å²) in [5.74, 6) is -3.05. The van der Waals surface area contributed by atoms with E-state index in [0.717, 1.165) is 102 Å². The first kappa shape index (κ1) is 119. The predicted octanol–water partition coefficient (Wildman–Crippen LogP) is 27.4. The second kappa shape index (κ2) is 65.6. The monoisotopic (exact) mass is 3120 g/mol. The molecule has 717 valence electrons. The number of nitrogens with zero attached hydrogens (tertiary/aromatic N) is 9. The van der Waals surface area contributed by atoms with Gasteiger partial charge in [0.05, 0.1) is 12.9 Å². The van der Waals surface area contributed by atoms with Crippen LogP contribution in [0.2, 0.25) is 0 Å². The van der Waals surface area contributed by atoms with Gasteiger partial charge in [-0.1, -0.05) is 149 Å². The minimum Gasteiger partial charge on any atom is -0.512 e. The normalized spacial score (nSPS) is 9.68. The maximum atomic E-state index is 13.2. The Morgan fingerprint density at radius 2 is 0.626 bits per heavy atom. The summed E-state index contributed by atoms with van der Waals surface area (Å²) in [5.41, 5.74) is 12.7. The second-order valence-corrected chi connectivity index (χ2v) is 28.2. The number of methoxy groups -OCH3 is 1. The fourth-order valence-corrected chi connectivity index (χ4v) is 12.4. The molecule has 7 radical (unpaired) electrons. The number of hydrogen-bond donors (Lipinski definition) is 1. The molecule has 0 atom stereocenters. The molecule has 12 nitrogen and oxygen atoms in total. The molecule has 0 bridgehead atoms. The number of hydrogen-bond acceptors (Lipinski definition) is 13. The fourth-order valence-electron chi connectivity index (χ4n) is 11.7. The smallest absolute Gasteiger partial charge is 0.155 e. The molecule has 0 aliphatic carbocycles. The summed E-state index contributed by atoms with van der Waals surface area (Å²) in [5, 5.41) is 15.2. The molecule has 139 heavy (non-hydrogen) atoms. The molecule has 0 unspecified atom stereocenters. The summed E-state index contributed by atoms with van der Waals surface area (Å²) in [6, 6.07) is 122. The Labute approximate surface area is 900 Å². The molecule has 10 heterocycles. The number of fused-ring (bicyclic) bond motifs is 2. The van der Waals surface area contributed by atoms with Crippen molar-refractivity contribution in [2.45, 2.75) is 13.8 Å². The van der Waals surface area contributed by atoms with Crippen molar-refractivity contribution >= 4 is 38.7 Å². The topological polar surface area (TPSA) is 163 Å². The summed E-state index contributed by atoms with van der Waals surface area (Å²) in [6.45, 7) is 2.85. The van der Waals surface area contributed by atoms with E-state index in [4.69, 9.17) is 9.84 Å². The van der Waals surface area contributed by atoms with Gasteiger partial charge < -0.3 is 54.7 Å². The number of carbonyl (C=O) groups is 1. The minimum atomic E-state index is -0.649. The molecule has 0 saturated heterocycles. The van der Waals surface area contributed by atoms with Crippen molar-refractivity contribution in [1.29, 1.82) is 0 Å². The number of halogens is 8. The van der Waals surface area contributed by atoms with Gasteiger partial charge >= 0.3 is 0 Å². The van der Waals surface area contributed by atoms with Crippen LogP contribution in [-0.4, -0.2) is 62.9 Å². The number of aliphatic hydroxyl groups is 1. The number of rotatable bonds is 11. The standard InChI is InChI=1S/C15H10N.C13H8NS.C12H9FNO.2C11H6F2N.3C11H7FN.C11H8N.C5H8O2.7Ir/c1-2-7-13(8-3-1)15-14-9-5-4-6-12(14)10-11-16-15;1-2-5-11-10(4-1)7-8-14-13(11)12-6-3-9-15-12;1-15-11-6-7-14-12(8-11)9-2-4-10(13)5-3-9;2*12-8-4-5-9(10(13)7-8)11-3-1-2-6-14-11;3*12-10-6-4-9(5-7-10)11-3-1-2-8-13-11;1-2-6-10(7-3-1)11-8-4-5-9-12-11;1-4(6)3-5(2)7;;;;;;;/h1-7,9-11H;1-5,7-9H;2,4-8H,1H3;2*1-4,6-7H;3*1-4,6-8H;1-6,8-9H;3,6H,1-2H3;;;;;;;/q9*-1;;;;;;;;. The Bertz CT molecular complexity index is 6560. The molecule has 0 amide bonds. The Morgan fingerprint density at radius 3 is 0.942 bits per heavy atom. The van der Waals surface area contributed by atoms with Crippen LogP contribution in [0.15, 0.2) is 407 Å². The minimum absolute atomic E-state index is 0. The van der Waals surface area contributed by atoms with E-state index in [1.807, 2.05) is 182 Å². The van der Waals surface area contributed by atoms with E-state index in [-0.39, 0.29) is 187 Å². The Balaban J connectivity index is 0.000000322. The van der Waals surface area contributed by atoms with Crippen LogP contribution < -0.4 is 4.74 Å². The molecule has 10 aromatic carbocycles. The van der Waals surface area contributed by atoms with Crippen molar-refractivity contribution in [3.63, 3.8) is 0 Å². The van der Waals surface area contributed by atoms with Gasteiger partial charge in [-0.15, -0.1) is 221 Å². The van der Waals surface area contributed by atoms with Crippen molar-refractivity contribution in [1.82, 2.24) is 44.9 Å². The Morgan fingerprint density at radius 1 is 0.302 bits per heavy atom. The first-order chi connectivity index (χ1) is 64.4. The van der Waals surface area contributed by atoms with Crippen LogP contribution in [0.4, 0.5) is 35.1 Å². The molecule has 20 rings (SSSR count). The van der Waals surface area contributed by atoms with E-state index >= 15 is 0 Å². The zero-order chi connectivity index (χ0) is 92.9. The van der Waals surface area contributed by atoms with E-state index in [0.29, 0.717) is 17.1 Å². The van der Waals surface area contributed by atoms with Gasteiger partial charge in [-0.3, -0.25) is 39.9 Å². The molecule has 0 aliphatic heterocycles. The molecular weight excluding hydrogens is 3040 g/mol. The predicted molar refractivity (Wildman–Crippen MR) is 503 cm³/mol. The summed E-state index contributed by atoms with van der Waals surface area (Å²) >= 11 is 1.67. The first-order valence-electron chi connectivity index (χ1n) is 40.3. The number of ketones is 1. The van der Waals surface area contributed by atoms with Gasteiger partial charge in [-0.25, -0.2) is 11.3 Å². The summed E-state index contributed by atoms with van der Waals surface area (Å²) < 4.78 is 107. The van der Waals surface area contributed by atoms with Crippen LogP contribution in [0.1, 0.15) is 13.8 Å². The van der Waals surface area contributed by atoms with Gasteiger partial charge in [0.25, 0.3) is 0 Å². The summed E-state index contributed by atoms with van der Waals surface area (Å²) in [6.07, 6.45) is 16.5. The van der Waals surface area contributed by atoms with Crippen molar-refractivity contribution in [2.24, 2.45) is 0 Å². The zero-order valence-corrected chi connectivity index (χ0v) is 90.7. The maximum absolute atomic E-state index is 13.2. The van der Waals surface area contributed by atoms with E-state index < -0.39 is 23.3 Å². The first-order valence-corrected chi connectivity index (χ1v) is 41.2. The molecule has 0 fully saturated rings. The van der Waals surface area contributed by atoms with E-state index in [2.05, 4.69) is 124 Å². The SMILES string of the molecule is CC(=O)C=C(C)O.COc1ccnc(-c2[c-]cc(F)cc2)c1.Fc1c[c-]c(-c2ccccn2)c(F)c1.Fc1c[c-]c(-c2ccccn2)c(F)c1.Fc1c[c-]c(-c2ccccn2)cc1.Fc1c[c-]c(-c2ccccn2)cc1.Fc1c[c-]c(-c2ccccn2)cc1.[Ir].[Ir].[Ir].[Ir].[Ir].[Ir].[Ir].[c-]1ccccc1-c1ccccn1.[c-]1ccccc1-c1nccc2ccccc12.[c-]1ccsc1-c1nccc2ccccc12. The quantitative estimate of drug-likeness (QED) is 0.0565. The van der Waals surface area contributed by atoms with Gasteiger partial charge in [0, 0.05) is 249 Å². The number of pyridine rings is 9. The average molecular weight is 3110 g/mol. The summed E-state index contributed by atoms with van der Waals surface area (Å²) in [4.78, 5) is 48.6. The van der Waals surface area contributed by atoms with Crippen molar-refractivity contribution in [3.8, 4) is 106 Å². The van der Waals surface area contributed by atoms with Gasteiger partial charge in [-0.2, -0.15) is 12.1 Å². The van der Waals surface area contributed by atoms with Gasteiger partial charge in [0.2, 0.25) is 0 Å². The van der Waals surface area contributed by atoms with E-state index in [1.54, 1.807) is 135 Å². The van der Waals surface area contributed by atoms with Crippen LogP contribution in [0.25, 0.3) is 122 Å². The largest absolute Gasteiger partial charge is 0.512 e. The zero-order valence-electron chi connectivity index (χ0n) is 73.2. The molecule has 0 aliphatic rings. The maximum Gasteiger partial charge on any atom is 0.155 e. The van der Waals surface area contributed by atoms with E-state index in [1.165, 1.54) is 90.0 Å². The van der Waals surface area contributed by atoms with Crippen LogP contribution >= 0.6 is 11.3 Å². The Hall–Kier alpha value is -12.2. The fraction of sp³-hybridized carbons (Fsp3) is 0.0270. The van der Waals surface area contributed by atoms with Gasteiger partial charge in [-0.05, 0) is 147 Å². The summed E-state index contributed by atoms with van der Waals surface area (Å²) in [7, 11) is 1.59. The van der Waals surface area contributed by atoms with Crippen molar-refractivity contribution in [2.75, 3.05) is 7.11 Å². The average Bonchev–Trinajstić information content (AvgIpc) is 1.49. The van der Waals surface area contributed by atoms with Gasteiger partial charge in [0.1, 0.15) is 5.75 Å². The number of benzene rings is 10. The third kappa shape index (κ3) is 40.3. The number of aromatic nitrogens is 9. The van der Waals surface area contributed by atoms with Crippen LogP contribution in [0, 0.1) is 101 Å². The van der Waals surface area contributed by atoms with Crippen LogP contribution in [0.5, 0.6) is 5.75 Å². The molecule has 20 aromatic rings.